The molecule has 1 aromatic rings. The maximum absolute atomic E-state index is 11.7. The van der Waals surface area contributed by atoms with E-state index in [-0.39, 0.29) is 6.54 Å². The summed E-state index contributed by atoms with van der Waals surface area (Å²) in [5, 5.41) is 6.37. The fourth-order valence-electron chi connectivity index (χ4n) is 1.70. The van der Waals surface area contributed by atoms with Crippen LogP contribution in [0.4, 0.5) is 0 Å². The Morgan fingerprint density at radius 2 is 1.82 bits per heavy atom. The van der Waals surface area contributed by atoms with Gasteiger partial charge in [-0.05, 0) is 32.8 Å². The van der Waals surface area contributed by atoms with E-state index in [0.717, 1.165) is 19.5 Å². The minimum absolute atomic E-state index is 0.229. The van der Waals surface area contributed by atoms with Gasteiger partial charge in [0.2, 0.25) is 0 Å². The molecule has 0 saturated carbocycles. The minimum atomic E-state index is -3.14. The predicted molar refractivity (Wildman–Crippen MR) is 93.1 cm³/mol. The number of sulfone groups is 1. The van der Waals surface area contributed by atoms with Crippen molar-refractivity contribution in [2.75, 3.05) is 25.9 Å². The van der Waals surface area contributed by atoms with Gasteiger partial charge in [0, 0.05) is 19.3 Å². The standard InChI is InChI=1S/C16H27N3O2S/c1-5-17-15(19-13-16(2,3)22(4,20)21)18-12-11-14-9-7-6-8-10-14/h6-10H,5,11-13H2,1-4H3,(H2,17,18,19). The molecule has 0 radical (unpaired) electrons. The first-order chi connectivity index (χ1) is 10.3. The summed E-state index contributed by atoms with van der Waals surface area (Å²) >= 11 is 0. The van der Waals surface area contributed by atoms with Crippen LogP contribution in [-0.2, 0) is 16.3 Å². The van der Waals surface area contributed by atoms with E-state index in [1.54, 1.807) is 13.8 Å². The highest BCUT2D eigenvalue weighted by Gasteiger charge is 2.29. The van der Waals surface area contributed by atoms with Crippen molar-refractivity contribution < 1.29 is 8.42 Å². The van der Waals surface area contributed by atoms with E-state index in [9.17, 15) is 8.42 Å². The lowest BCUT2D eigenvalue weighted by Crippen LogP contribution is -2.41. The molecule has 0 unspecified atom stereocenters. The molecule has 5 nitrogen and oxygen atoms in total. The van der Waals surface area contributed by atoms with Crippen LogP contribution in [0.5, 0.6) is 0 Å². The molecule has 0 saturated heterocycles. The molecule has 0 aliphatic carbocycles. The van der Waals surface area contributed by atoms with Crippen molar-refractivity contribution in [1.29, 1.82) is 0 Å². The Bertz CT molecular complexity index is 581. The number of rotatable bonds is 7. The number of nitrogens with one attached hydrogen (secondary N) is 2. The monoisotopic (exact) mass is 325 g/mol. The van der Waals surface area contributed by atoms with Crippen LogP contribution in [0.25, 0.3) is 0 Å². The van der Waals surface area contributed by atoms with Crippen molar-refractivity contribution in [2.24, 2.45) is 4.99 Å². The van der Waals surface area contributed by atoms with Crippen LogP contribution < -0.4 is 10.6 Å². The number of nitrogens with zero attached hydrogens (tertiary/aromatic N) is 1. The summed E-state index contributed by atoms with van der Waals surface area (Å²) in [6.45, 7) is 7.08. The van der Waals surface area contributed by atoms with Crippen molar-refractivity contribution in [3.63, 3.8) is 0 Å². The lowest BCUT2D eigenvalue weighted by molar-refractivity contribution is 0.554. The zero-order valence-corrected chi connectivity index (χ0v) is 14.7. The Morgan fingerprint density at radius 1 is 1.18 bits per heavy atom. The summed E-state index contributed by atoms with van der Waals surface area (Å²) in [5.74, 6) is 0.648. The Hall–Kier alpha value is -1.56. The number of aliphatic imine (C=N–C) groups is 1. The average molecular weight is 325 g/mol. The topological polar surface area (TPSA) is 70.6 Å². The van der Waals surface area contributed by atoms with Gasteiger partial charge in [-0.1, -0.05) is 30.3 Å². The van der Waals surface area contributed by atoms with Gasteiger partial charge in [0.1, 0.15) is 0 Å². The predicted octanol–water partition coefficient (Wildman–Crippen LogP) is 1.61. The van der Waals surface area contributed by atoms with Crippen molar-refractivity contribution in [3.8, 4) is 0 Å². The van der Waals surface area contributed by atoms with Gasteiger partial charge < -0.3 is 10.6 Å². The van der Waals surface area contributed by atoms with Crippen LogP contribution in [0.3, 0.4) is 0 Å². The molecular formula is C16H27N3O2S. The van der Waals surface area contributed by atoms with E-state index in [0.29, 0.717) is 5.96 Å². The molecule has 0 fully saturated rings. The lowest BCUT2D eigenvalue weighted by atomic mass is 10.1. The number of benzene rings is 1. The van der Waals surface area contributed by atoms with E-state index in [1.807, 2.05) is 25.1 Å². The van der Waals surface area contributed by atoms with Gasteiger partial charge in [-0.2, -0.15) is 0 Å². The van der Waals surface area contributed by atoms with Crippen LogP contribution in [0.2, 0.25) is 0 Å². The molecule has 124 valence electrons. The summed E-state index contributed by atoms with van der Waals surface area (Å²) < 4.78 is 22.6. The second-order valence-corrected chi connectivity index (χ2v) is 8.54. The van der Waals surface area contributed by atoms with Crippen molar-refractivity contribution in [3.05, 3.63) is 35.9 Å². The third-order valence-electron chi connectivity index (χ3n) is 3.51. The smallest absolute Gasteiger partial charge is 0.191 e. The van der Waals surface area contributed by atoms with E-state index in [4.69, 9.17) is 0 Å². The Labute approximate surface area is 134 Å². The van der Waals surface area contributed by atoms with Crippen LogP contribution >= 0.6 is 0 Å². The molecule has 22 heavy (non-hydrogen) atoms. The lowest BCUT2D eigenvalue weighted by Gasteiger charge is -2.21. The molecule has 0 aliphatic rings. The maximum Gasteiger partial charge on any atom is 0.191 e. The fourth-order valence-corrected chi connectivity index (χ4v) is 2.00. The van der Waals surface area contributed by atoms with E-state index in [2.05, 4.69) is 27.8 Å². The quantitative estimate of drug-likeness (QED) is 0.590. The van der Waals surface area contributed by atoms with Crippen LogP contribution in [0, 0.1) is 0 Å². The molecule has 0 aliphatic heterocycles. The van der Waals surface area contributed by atoms with Crippen LogP contribution in [0.1, 0.15) is 26.3 Å². The molecule has 0 atom stereocenters. The highest BCUT2D eigenvalue weighted by atomic mass is 32.2. The maximum atomic E-state index is 11.7. The molecule has 1 rings (SSSR count). The zero-order valence-electron chi connectivity index (χ0n) is 13.9. The second kappa shape index (κ2) is 8.17. The summed E-state index contributed by atoms with van der Waals surface area (Å²) in [7, 11) is -3.14. The van der Waals surface area contributed by atoms with E-state index in [1.165, 1.54) is 11.8 Å². The molecule has 0 spiro atoms. The molecule has 2 N–H and O–H groups in total. The van der Waals surface area contributed by atoms with Gasteiger partial charge in [-0.3, -0.25) is 4.99 Å². The average Bonchev–Trinajstić information content (AvgIpc) is 2.45. The first kappa shape index (κ1) is 18.5. The number of hydrogen-bond acceptors (Lipinski definition) is 3. The molecule has 6 heteroatoms. The second-order valence-electron chi connectivity index (χ2n) is 5.89. The van der Waals surface area contributed by atoms with Gasteiger partial charge in [-0.25, -0.2) is 8.42 Å². The fraction of sp³-hybridized carbons (Fsp3) is 0.562. The van der Waals surface area contributed by atoms with Gasteiger partial charge in [0.05, 0.1) is 11.3 Å². The Balaban J connectivity index is 2.59. The van der Waals surface area contributed by atoms with Crippen molar-refractivity contribution in [1.82, 2.24) is 10.6 Å². The van der Waals surface area contributed by atoms with Crippen LogP contribution in [0.15, 0.2) is 35.3 Å². The van der Waals surface area contributed by atoms with E-state index < -0.39 is 14.6 Å². The molecule has 0 heterocycles. The van der Waals surface area contributed by atoms with Crippen LogP contribution in [-0.4, -0.2) is 45.0 Å². The summed E-state index contributed by atoms with van der Waals surface area (Å²) in [6.07, 6.45) is 2.14. The summed E-state index contributed by atoms with van der Waals surface area (Å²) in [5.41, 5.74) is 1.25. The first-order valence-corrected chi connectivity index (χ1v) is 9.41. The third kappa shape index (κ3) is 6.05. The van der Waals surface area contributed by atoms with Gasteiger partial charge in [0.25, 0.3) is 0 Å². The van der Waals surface area contributed by atoms with Crippen molar-refractivity contribution in [2.45, 2.75) is 31.9 Å². The van der Waals surface area contributed by atoms with Gasteiger partial charge >= 0.3 is 0 Å². The first-order valence-electron chi connectivity index (χ1n) is 7.52. The molecular weight excluding hydrogens is 298 g/mol. The molecule has 0 amide bonds. The molecule has 0 aromatic heterocycles. The molecule has 1 aromatic carbocycles. The highest BCUT2D eigenvalue weighted by Crippen LogP contribution is 2.15. The Morgan fingerprint density at radius 3 is 2.36 bits per heavy atom. The van der Waals surface area contributed by atoms with Crippen molar-refractivity contribution >= 4 is 15.8 Å². The number of hydrogen-bond donors (Lipinski definition) is 2. The largest absolute Gasteiger partial charge is 0.357 e. The van der Waals surface area contributed by atoms with E-state index >= 15 is 0 Å². The minimum Gasteiger partial charge on any atom is -0.357 e. The Kier molecular flexibility index (Phi) is 6.87. The summed E-state index contributed by atoms with van der Waals surface area (Å²) in [6, 6.07) is 10.2. The summed E-state index contributed by atoms with van der Waals surface area (Å²) in [4.78, 5) is 4.40. The SMILES string of the molecule is CCNC(=NCC(C)(C)S(C)(=O)=O)NCCc1ccccc1. The normalized spacial score (nSPS) is 13.0. The zero-order chi connectivity index (χ0) is 16.6. The number of guanidine groups is 1. The van der Waals surface area contributed by atoms with Gasteiger partial charge in [-0.15, -0.1) is 0 Å². The van der Waals surface area contributed by atoms with Gasteiger partial charge in [0.15, 0.2) is 15.8 Å². The third-order valence-corrected chi connectivity index (χ3v) is 5.65. The highest BCUT2D eigenvalue weighted by molar-refractivity contribution is 7.92. The molecule has 0 bridgehead atoms.